The van der Waals surface area contributed by atoms with Gasteiger partial charge >= 0.3 is 5.97 Å². The summed E-state index contributed by atoms with van der Waals surface area (Å²) in [7, 11) is 0. The van der Waals surface area contributed by atoms with Crippen LogP contribution in [0.2, 0.25) is 0 Å². The molecule has 1 aromatic heterocycles. The van der Waals surface area contributed by atoms with Crippen LogP contribution in [0.5, 0.6) is 0 Å². The van der Waals surface area contributed by atoms with Gasteiger partial charge in [0.1, 0.15) is 5.41 Å². The van der Waals surface area contributed by atoms with Crippen molar-refractivity contribution in [2.24, 2.45) is 0 Å². The molecule has 0 atom stereocenters. The van der Waals surface area contributed by atoms with Gasteiger partial charge in [-0.25, -0.2) is 8.78 Å². The summed E-state index contributed by atoms with van der Waals surface area (Å²) in [5.41, 5.74) is -0.376. The lowest BCUT2D eigenvalue weighted by atomic mass is 9.70. The Morgan fingerprint density at radius 3 is 2.28 bits per heavy atom. The van der Waals surface area contributed by atoms with Crippen molar-refractivity contribution < 1.29 is 18.7 Å². The Bertz CT molecular complexity index is 450. The van der Waals surface area contributed by atoms with Gasteiger partial charge in [0.2, 0.25) is 5.92 Å². The average Bonchev–Trinajstić information content (AvgIpc) is 2.30. The van der Waals surface area contributed by atoms with E-state index >= 15 is 0 Å². The lowest BCUT2D eigenvalue weighted by Crippen LogP contribution is -2.43. The average molecular weight is 256 g/mol. The van der Waals surface area contributed by atoms with Crippen molar-refractivity contribution in [3.8, 4) is 0 Å². The molecule has 0 spiro atoms. The summed E-state index contributed by atoms with van der Waals surface area (Å²) < 4.78 is 26.3. The van der Waals surface area contributed by atoms with Crippen LogP contribution >= 0.6 is 0 Å². The molecule has 1 fully saturated rings. The first kappa shape index (κ1) is 12.9. The van der Waals surface area contributed by atoms with E-state index < -0.39 is 30.1 Å². The smallest absolute Gasteiger partial charge is 0.315 e. The van der Waals surface area contributed by atoms with Gasteiger partial charge in [0.15, 0.2) is 0 Å². The number of carboxylic acid groups (broad SMARTS) is 1. The van der Waals surface area contributed by atoms with E-state index in [9.17, 15) is 18.7 Å². The van der Waals surface area contributed by atoms with Crippen molar-refractivity contribution in [2.75, 3.05) is 0 Å². The molecule has 1 saturated carbocycles. The third-order valence-corrected chi connectivity index (χ3v) is 3.52. The Hall–Kier alpha value is -1.59. The second-order valence-corrected chi connectivity index (χ2v) is 4.79. The van der Waals surface area contributed by atoms with E-state index in [1.54, 1.807) is 6.92 Å². The minimum Gasteiger partial charge on any atom is -0.481 e. The van der Waals surface area contributed by atoms with E-state index in [1.807, 2.05) is 0 Å². The summed E-state index contributed by atoms with van der Waals surface area (Å²) >= 11 is 0. The predicted octanol–water partition coefficient (Wildman–Crippen LogP) is 2.32. The number of rotatable bonds is 2. The molecule has 0 bridgehead atoms. The molecule has 1 aromatic rings. The van der Waals surface area contributed by atoms with Crippen molar-refractivity contribution in [1.29, 1.82) is 0 Å². The summed E-state index contributed by atoms with van der Waals surface area (Å²) in [6.07, 6.45) is 1.80. The Morgan fingerprint density at radius 2 is 1.83 bits per heavy atom. The number of hydrogen-bond acceptors (Lipinski definition) is 3. The minimum atomic E-state index is -2.77. The van der Waals surface area contributed by atoms with Crippen LogP contribution in [0.4, 0.5) is 8.78 Å². The Balaban J connectivity index is 2.34. The van der Waals surface area contributed by atoms with Gasteiger partial charge in [-0.05, 0) is 19.8 Å². The number of nitrogens with zero attached hydrogens (tertiary/aromatic N) is 2. The molecule has 0 aliphatic heterocycles. The quantitative estimate of drug-likeness (QED) is 0.882. The van der Waals surface area contributed by atoms with Crippen molar-refractivity contribution in [1.82, 2.24) is 9.97 Å². The van der Waals surface area contributed by atoms with Crippen LogP contribution in [0.15, 0.2) is 12.4 Å². The fraction of sp³-hybridized carbons (Fsp3) is 0.583. The Labute approximate surface area is 103 Å². The number of hydrogen-bond donors (Lipinski definition) is 1. The lowest BCUT2D eigenvalue weighted by Gasteiger charge is -2.35. The van der Waals surface area contributed by atoms with Crippen LogP contribution in [0.3, 0.4) is 0 Å². The van der Waals surface area contributed by atoms with Crippen molar-refractivity contribution in [3.63, 3.8) is 0 Å². The number of aliphatic carboxylic acids is 1. The molecule has 6 heteroatoms. The molecular weight excluding hydrogens is 242 g/mol. The fourth-order valence-corrected chi connectivity index (χ4v) is 2.26. The maximum atomic E-state index is 13.2. The highest BCUT2D eigenvalue weighted by molar-refractivity contribution is 5.80. The van der Waals surface area contributed by atoms with Gasteiger partial charge in [0.05, 0.1) is 11.4 Å². The molecule has 4 nitrogen and oxygen atoms in total. The van der Waals surface area contributed by atoms with Crippen LogP contribution in [-0.2, 0) is 10.2 Å². The van der Waals surface area contributed by atoms with Gasteiger partial charge in [0, 0.05) is 25.2 Å². The standard InChI is InChI=1S/C12H14F2N2O2/c1-8-6-16-9(7-15-8)11(10(17)18)2-4-12(13,14)5-3-11/h6-7H,2-5H2,1H3,(H,17,18). The summed E-state index contributed by atoms with van der Waals surface area (Å²) in [5, 5.41) is 9.37. The maximum Gasteiger partial charge on any atom is 0.315 e. The summed E-state index contributed by atoms with van der Waals surface area (Å²) in [6.45, 7) is 1.74. The van der Waals surface area contributed by atoms with Crippen molar-refractivity contribution >= 4 is 5.97 Å². The molecule has 98 valence electrons. The highest BCUT2D eigenvalue weighted by atomic mass is 19.3. The maximum absolute atomic E-state index is 13.2. The van der Waals surface area contributed by atoms with Gasteiger partial charge < -0.3 is 5.11 Å². The van der Waals surface area contributed by atoms with Crippen LogP contribution in [0.1, 0.15) is 37.1 Å². The zero-order chi connectivity index (χ0) is 13.4. The molecule has 1 N–H and O–H groups in total. The third kappa shape index (κ3) is 2.19. The molecule has 0 unspecified atom stereocenters. The number of halogens is 2. The highest BCUT2D eigenvalue weighted by Crippen LogP contribution is 2.44. The van der Waals surface area contributed by atoms with Crippen LogP contribution in [0.25, 0.3) is 0 Å². The first-order valence-electron chi connectivity index (χ1n) is 5.76. The highest BCUT2D eigenvalue weighted by Gasteiger charge is 2.50. The fourth-order valence-electron chi connectivity index (χ4n) is 2.26. The number of carbonyl (C=O) groups is 1. The van der Waals surface area contributed by atoms with Crippen molar-refractivity contribution in [3.05, 3.63) is 23.8 Å². The molecule has 18 heavy (non-hydrogen) atoms. The number of aromatic nitrogens is 2. The van der Waals surface area contributed by atoms with Crippen LogP contribution in [0, 0.1) is 6.92 Å². The first-order chi connectivity index (χ1) is 8.36. The largest absolute Gasteiger partial charge is 0.481 e. The van der Waals surface area contributed by atoms with Gasteiger partial charge in [-0.15, -0.1) is 0 Å². The van der Waals surface area contributed by atoms with E-state index in [-0.39, 0.29) is 18.5 Å². The molecule has 1 aliphatic carbocycles. The SMILES string of the molecule is Cc1cnc(C2(C(=O)O)CCC(F)(F)CC2)cn1. The lowest BCUT2D eigenvalue weighted by molar-refractivity contribution is -0.149. The van der Waals surface area contributed by atoms with Gasteiger partial charge in [-0.3, -0.25) is 14.8 Å². The normalized spacial score (nSPS) is 21.5. The number of carboxylic acids is 1. The number of alkyl halides is 2. The zero-order valence-corrected chi connectivity index (χ0v) is 9.99. The van der Waals surface area contributed by atoms with Crippen LogP contribution in [-0.4, -0.2) is 27.0 Å². The summed E-state index contributed by atoms with van der Waals surface area (Å²) in [6, 6.07) is 0. The van der Waals surface area contributed by atoms with Crippen molar-refractivity contribution in [2.45, 2.75) is 43.9 Å². The van der Waals surface area contributed by atoms with Gasteiger partial charge in [0.25, 0.3) is 0 Å². The van der Waals surface area contributed by atoms with Gasteiger partial charge in [-0.1, -0.05) is 0 Å². The van der Waals surface area contributed by atoms with Gasteiger partial charge in [-0.2, -0.15) is 0 Å². The summed E-state index contributed by atoms with van der Waals surface area (Å²) in [4.78, 5) is 19.5. The second kappa shape index (κ2) is 4.26. The van der Waals surface area contributed by atoms with E-state index in [0.29, 0.717) is 5.69 Å². The molecule has 0 saturated heterocycles. The monoisotopic (exact) mass is 256 g/mol. The molecule has 0 amide bonds. The molecule has 0 radical (unpaired) electrons. The Morgan fingerprint density at radius 1 is 1.22 bits per heavy atom. The molecule has 1 heterocycles. The topological polar surface area (TPSA) is 63.1 Å². The number of aryl methyl sites for hydroxylation is 1. The van der Waals surface area contributed by atoms with E-state index in [1.165, 1.54) is 12.4 Å². The van der Waals surface area contributed by atoms with E-state index in [2.05, 4.69) is 9.97 Å². The van der Waals surface area contributed by atoms with Crippen LogP contribution < -0.4 is 0 Å². The Kier molecular flexibility index (Phi) is 3.04. The molecule has 2 rings (SSSR count). The van der Waals surface area contributed by atoms with E-state index in [0.717, 1.165) is 0 Å². The zero-order valence-electron chi connectivity index (χ0n) is 9.99. The predicted molar refractivity (Wildman–Crippen MR) is 59.5 cm³/mol. The van der Waals surface area contributed by atoms with E-state index in [4.69, 9.17) is 0 Å². The molecule has 0 aromatic carbocycles. The third-order valence-electron chi connectivity index (χ3n) is 3.52. The molecular formula is C12H14F2N2O2. The molecule has 1 aliphatic rings. The first-order valence-corrected chi connectivity index (χ1v) is 5.76. The minimum absolute atomic E-state index is 0.104. The second-order valence-electron chi connectivity index (χ2n) is 4.79. The summed E-state index contributed by atoms with van der Waals surface area (Å²) in [5.74, 6) is -3.87.